The van der Waals surface area contributed by atoms with E-state index in [1.807, 2.05) is 54.6 Å². The molecule has 7 heteroatoms. The lowest BCUT2D eigenvalue weighted by atomic mass is 10.2. The van der Waals surface area contributed by atoms with Crippen LogP contribution in [0.15, 0.2) is 72.8 Å². The number of ether oxygens (including phenoxy) is 1. The summed E-state index contributed by atoms with van der Waals surface area (Å²) in [5.41, 5.74) is 3.45. The van der Waals surface area contributed by atoms with Crippen molar-refractivity contribution < 1.29 is 14.3 Å². The topological polar surface area (TPSA) is 84.1 Å². The molecule has 156 valence electrons. The van der Waals surface area contributed by atoms with Crippen LogP contribution in [0.3, 0.4) is 0 Å². The van der Waals surface area contributed by atoms with Crippen LogP contribution in [-0.2, 0) is 9.53 Å². The van der Waals surface area contributed by atoms with E-state index in [-0.39, 0.29) is 5.91 Å². The molecule has 0 saturated heterocycles. The number of carbonyl (C=O) groups excluding carboxylic acids is 2. The van der Waals surface area contributed by atoms with Crippen LogP contribution in [0.5, 0.6) is 0 Å². The molecular formula is C24H20IN3O3. The number of esters is 1. The van der Waals surface area contributed by atoms with Gasteiger partial charge >= 0.3 is 5.97 Å². The van der Waals surface area contributed by atoms with Gasteiger partial charge < -0.3 is 15.0 Å². The molecule has 0 radical (unpaired) electrons. The van der Waals surface area contributed by atoms with Crippen LogP contribution in [0.4, 0.5) is 5.69 Å². The Hall–Kier alpha value is -3.20. The average molecular weight is 525 g/mol. The maximum atomic E-state index is 12.7. The third kappa shape index (κ3) is 4.93. The smallest absolute Gasteiger partial charge is 0.338 e. The van der Waals surface area contributed by atoms with Crippen LogP contribution in [0, 0.1) is 3.57 Å². The number of nitrogens with zero attached hydrogens (tertiary/aromatic N) is 1. The molecule has 2 N–H and O–H groups in total. The lowest BCUT2D eigenvalue weighted by molar-refractivity contribution is -0.124. The molecule has 0 aliphatic heterocycles. The third-order valence-corrected chi connectivity index (χ3v) is 5.51. The van der Waals surface area contributed by atoms with Gasteiger partial charge in [0.05, 0.1) is 16.6 Å². The molecule has 1 unspecified atom stereocenters. The van der Waals surface area contributed by atoms with E-state index >= 15 is 0 Å². The van der Waals surface area contributed by atoms with Gasteiger partial charge in [0, 0.05) is 14.8 Å². The second-order valence-electron chi connectivity index (χ2n) is 6.98. The van der Waals surface area contributed by atoms with Crippen molar-refractivity contribution in [2.75, 3.05) is 5.32 Å². The number of H-pyrrole nitrogens is 1. The Bertz CT molecular complexity index is 1220. The lowest BCUT2D eigenvalue weighted by Gasteiger charge is -2.16. The summed E-state index contributed by atoms with van der Waals surface area (Å²) in [5.74, 6) is -0.183. The molecule has 4 aromatic rings. The summed E-state index contributed by atoms with van der Waals surface area (Å²) in [6.45, 7) is 1.80. The van der Waals surface area contributed by atoms with Gasteiger partial charge in [0.15, 0.2) is 6.10 Å². The summed E-state index contributed by atoms with van der Waals surface area (Å²) in [4.78, 5) is 33.1. The van der Waals surface area contributed by atoms with Crippen molar-refractivity contribution in [2.24, 2.45) is 0 Å². The monoisotopic (exact) mass is 525 g/mol. The Kier molecular flexibility index (Phi) is 6.31. The van der Waals surface area contributed by atoms with Crippen molar-refractivity contribution in [3.8, 4) is 11.4 Å². The number of fused-ring (bicyclic) bond motifs is 1. The Morgan fingerprint density at radius 2 is 1.81 bits per heavy atom. The molecule has 0 aliphatic rings. The number of carbonyl (C=O) groups is 2. The van der Waals surface area contributed by atoms with Crippen LogP contribution in [0.25, 0.3) is 22.4 Å². The first-order chi connectivity index (χ1) is 15.0. The number of amides is 1. The number of hydrogen-bond acceptors (Lipinski definition) is 4. The van der Waals surface area contributed by atoms with E-state index < -0.39 is 12.1 Å². The van der Waals surface area contributed by atoms with Crippen LogP contribution in [0.2, 0.25) is 0 Å². The highest BCUT2D eigenvalue weighted by Crippen LogP contribution is 2.22. The number of halogens is 1. The molecule has 3 aromatic carbocycles. The molecule has 0 aliphatic carbocycles. The minimum atomic E-state index is -0.885. The quantitative estimate of drug-likeness (QED) is 0.261. The summed E-state index contributed by atoms with van der Waals surface area (Å²) < 4.78 is 6.57. The van der Waals surface area contributed by atoms with Gasteiger partial charge in [0.25, 0.3) is 5.91 Å². The molecule has 0 fully saturated rings. The summed E-state index contributed by atoms with van der Waals surface area (Å²) in [6, 6.07) is 22.3. The van der Waals surface area contributed by atoms with Crippen LogP contribution in [-0.4, -0.2) is 27.9 Å². The van der Waals surface area contributed by atoms with Crippen molar-refractivity contribution in [3.63, 3.8) is 0 Å². The normalized spacial score (nSPS) is 11.8. The number of rotatable bonds is 6. The molecule has 0 bridgehead atoms. The molecule has 1 heterocycles. The van der Waals surface area contributed by atoms with Crippen molar-refractivity contribution >= 4 is 51.2 Å². The molecule has 6 nitrogen and oxygen atoms in total. The number of nitrogens with one attached hydrogen (secondary N) is 2. The largest absolute Gasteiger partial charge is 0.449 e. The number of hydrogen-bond donors (Lipinski definition) is 2. The minimum absolute atomic E-state index is 0.356. The number of aromatic amines is 1. The molecule has 1 atom stereocenters. The molecule has 0 saturated carbocycles. The van der Waals surface area contributed by atoms with Crippen LogP contribution in [0.1, 0.15) is 23.7 Å². The van der Waals surface area contributed by atoms with Crippen molar-refractivity contribution in [1.82, 2.24) is 9.97 Å². The molecule has 1 amide bonds. The number of anilines is 1. The van der Waals surface area contributed by atoms with E-state index in [2.05, 4.69) is 37.9 Å². The van der Waals surface area contributed by atoms with Gasteiger partial charge in [0.2, 0.25) is 0 Å². The van der Waals surface area contributed by atoms with Gasteiger partial charge in [-0.3, -0.25) is 4.79 Å². The fourth-order valence-electron chi connectivity index (χ4n) is 3.14. The van der Waals surface area contributed by atoms with E-state index in [0.717, 1.165) is 26.0 Å². The van der Waals surface area contributed by atoms with Gasteiger partial charge in [-0.05, 0) is 71.5 Å². The van der Waals surface area contributed by atoms with Gasteiger partial charge in [-0.25, -0.2) is 9.78 Å². The summed E-state index contributed by atoms with van der Waals surface area (Å²) in [7, 11) is 0. The number of aromatic nitrogens is 2. The van der Waals surface area contributed by atoms with Crippen LogP contribution < -0.4 is 5.32 Å². The predicted molar refractivity (Wildman–Crippen MR) is 129 cm³/mol. The molecule has 1 aromatic heterocycles. The van der Waals surface area contributed by atoms with Crippen LogP contribution >= 0.6 is 22.6 Å². The molecule has 31 heavy (non-hydrogen) atoms. The zero-order valence-corrected chi connectivity index (χ0v) is 18.9. The van der Waals surface area contributed by atoms with E-state index in [1.54, 1.807) is 25.1 Å². The first-order valence-corrected chi connectivity index (χ1v) is 10.9. The van der Waals surface area contributed by atoms with Gasteiger partial charge in [-0.1, -0.05) is 37.3 Å². The van der Waals surface area contributed by atoms with E-state index in [4.69, 9.17) is 4.74 Å². The van der Waals surface area contributed by atoms with Gasteiger partial charge in [-0.2, -0.15) is 0 Å². The van der Waals surface area contributed by atoms with Crippen molar-refractivity contribution in [3.05, 3.63) is 81.9 Å². The van der Waals surface area contributed by atoms with Crippen molar-refractivity contribution in [1.29, 1.82) is 0 Å². The second-order valence-corrected chi connectivity index (χ2v) is 8.23. The van der Waals surface area contributed by atoms with Gasteiger partial charge in [0.1, 0.15) is 5.82 Å². The summed E-state index contributed by atoms with van der Waals surface area (Å²) in [5, 5.41) is 2.79. The fourth-order valence-corrected chi connectivity index (χ4v) is 3.50. The van der Waals surface area contributed by atoms with Crippen molar-refractivity contribution in [2.45, 2.75) is 19.4 Å². The lowest BCUT2D eigenvalue weighted by Crippen LogP contribution is -2.32. The highest BCUT2D eigenvalue weighted by Gasteiger charge is 2.22. The number of imidazole rings is 1. The zero-order valence-electron chi connectivity index (χ0n) is 16.8. The standard InChI is InChI=1S/C24H20IN3O3/c1-2-21(23(29)26-18-11-9-17(25)10-12-18)31-24(30)16-8-13-19-20(14-16)28-22(27-19)15-6-4-3-5-7-15/h3-14,21H,2H2,1H3,(H,26,29)(H,27,28). The zero-order chi connectivity index (χ0) is 21.8. The third-order valence-electron chi connectivity index (χ3n) is 4.79. The Morgan fingerprint density at radius 1 is 1.06 bits per heavy atom. The molecular weight excluding hydrogens is 505 g/mol. The predicted octanol–water partition coefficient (Wildman–Crippen LogP) is 5.41. The maximum absolute atomic E-state index is 12.7. The molecule has 0 spiro atoms. The SMILES string of the molecule is CCC(OC(=O)c1ccc2nc(-c3ccccc3)[nH]c2c1)C(=O)Nc1ccc(I)cc1. The van der Waals surface area contributed by atoms with E-state index in [9.17, 15) is 9.59 Å². The first-order valence-electron chi connectivity index (χ1n) is 9.86. The number of benzene rings is 3. The minimum Gasteiger partial charge on any atom is -0.449 e. The highest BCUT2D eigenvalue weighted by atomic mass is 127. The summed E-state index contributed by atoms with van der Waals surface area (Å²) >= 11 is 2.19. The molecule has 4 rings (SSSR count). The Morgan fingerprint density at radius 3 is 2.52 bits per heavy atom. The second kappa shape index (κ2) is 9.30. The van der Waals surface area contributed by atoms with E-state index in [1.165, 1.54) is 0 Å². The average Bonchev–Trinajstić information content (AvgIpc) is 3.23. The first kappa shape index (κ1) is 21.0. The maximum Gasteiger partial charge on any atom is 0.338 e. The van der Waals surface area contributed by atoms with E-state index in [0.29, 0.717) is 17.7 Å². The Labute approximate surface area is 193 Å². The Balaban J connectivity index is 1.48. The van der Waals surface area contributed by atoms with Gasteiger partial charge in [-0.15, -0.1) is 0 Å². The highest BCUT2D eigenvalue weighted by molar-refractivity contribution is 14.1. The fraction of sp³-hybridized carbons (Fsp3) is 0.125. The summed E-state index contributed by atoms with van der Waals surface area (Å²) in [6.07, 6.45) is -0.518.